The highest BCUT2D eigenvalue weighted by Crippen LogP contribution is 2.65. The highest BCUT2D eigenvalue weighted by Gasteiger charge is 2.60. The van der Waals surface area contributed by atoms with Crippen molar-refractivity contribution in [3.63, 3.8) is 0 Å². The molecule has 156 valence electrons. The minimum atomic E-state index is -0.621. The van der Waals surface area contributed by atoms with Gasteiger partial charge in [-0.15, -0.1) is 0 Å². The second-order valence-corrected chi connectivity index (χ2v) is 8.86. The summed E-state index contributed by atoms with van der Waals surface area (Å²) in [5.74, 6) is 2.28. The molecule has 0 aliphatic heterocycles. The van der Waals surface area contributed by atoms with Crippen LogP contribution in [0.3, 0.4) is 0 Å². The molecule has 5 aliphatic rings. The Bertz CT molecular complexity index is 1120. The minimum absolute atomic E-state index is 0.0241. The molecule has 1 fully saturated rings. The molecule has 31 heavy (non-hydrogen) atoms. The molecule has 0 aromatic heterocycles. The van der Waals surface area contributed by atoms with Crippen LogP contribution in [0.5, 0.6) is 0 Å². The van der Waals surface area contributed by atoms with Crippen molar-refractivity contribution in [1.29, 1.82) is 0 Å². The van der Waals surface area contributed by atoms with Gasteiger partial charge in [-0.3, -0.25) is 20.2 Å². The first kappa shape index (κ1) is 18.4. The van der Waals surface area contributed by atoms with E-state index in [4.69, 9.17) is 4.74 Å². The number of nitro benzene ring substituents is 2. The SMILES string of the molecule is O=[N+]([O-])c1ccc(COC2[C@H]3C=C[C@H]2[C@H]2[C@H]3[C@H]3C=C[C@H]2c2ccccc23)c([N+](=O)[O-])c1. The molecule has 6 atom stereocenters. The van der Waals surface area contributed by atoms with Crippen molar-refractivity contribution in [1.82, 2.24) is 0 Å². The van der Waals surface area contributed by atoms with E-state index >= 15 is 0 Å². The molecular weight excluding hydrogens is 396 g/mol. The van der Waals surface area contributed by atoms with Crippen molar-refractivity contribution in [2.45, 2.75) is 24.5 Å². The van der Waals surface area contributed by atoms with E-state index in [9.17, 15) is 20.2 Å². The molecule has 0 saturated heterocycles. The van der Waals surface area contributed by atoms with Gasteiger partial charge in [0.05, 0.1) is 34.2 Å². The lowest BCUT2D eigenvalue weighted by Gasteiger charge is -2.46. The number of benzene rings is 2. The number of allylic oxidation sites excluding steroid dienone is 2. The smallest absolute Gasteiger partial charge is 0.281 e. The van der Waals surface area contributed by atoms with Crippen LogP contribution < -0.4 is 0 Å². The molecule has 0 unspecified atom stereocenters. The lowest BCUT2D eigenvalue weighted by atomic mass is 9.57. The third-order valence-electron chi connectivity index (χ3n) is 7.62. The van der Waals surface area contributed by atoms with Crippen molar-refractivity contribution >= 4 is 11.4 Å². The summed E-state index contributed by atoms with van der Waals surface area (Å²) >= 11 is 0. The number of fused-ring (bicyclic) bond motifs is 2. The Morgan fingerprint density at radius 3 is 1.97 bits per heavy atom. The zero-order valence-electron chi connectivity index (χ0n) is 16.5. The van der Waals surface area contributed by atoms with Gasteiger partial charge in [-0.05, 0) is 29.0 Å². The molecule has 1 saturated carbocycles. The standard InChI is InChI=1S/C24H20N2O5/c27-25(28)14-6-5-13(21(11-14)26(29)30)12-31-24-19-9-10-20(24)23-18-8-7-17(22(19)23)15-3-1-2-4-16(15)18/h1-11,17-20,22-24H,12H2/t17-,18-,19-,20-,22-,23-/m0/s1. The number of rotatable bonds is 5. The Morgan fingerprint density at radius 1 is 0.806 bits per heavy atom. The molecule has 2 aromatic rings. The van der Waals surface area contributed by atoms with E-state index in [-0.39, 0.29) is 35.9 Å². The first-order chi connectivity index (χ1) is 15.0. The Labute approximate surface area is 178 Å². The highest BCUT2D eigenvalue weighted by atomic mass is 16.6. The minimum Gasteiger partial charge on any atom is -0.372 e. The summed E-state index contributed by atoms with van der Waals surface area (Å²) in [5, 5.41) is 22.5. The van der Waals surface area contributed by atoms with Gasteiger partial charge in [0.2, 0.25) is 0 Å². The van der Waals surface area contributed by atoms with Crippen molar-refractivity contribution in [3.05, 3.63) is 104 Å². The van der Waals surface area contributed by atoms with E-state index in [1.165, 1.54) is 23.3 Å². The van der Waals surface area contributed by atoms with Crippen LogP contribution in [0.25, 0.3) is 0 Å². The molecular formula is C24H20N2O5. The fourth-order valence-corrected chi connectivity index (χ4v) is 6.50. The normalized spacial score (nSPS) is 33.4. The summed E-state index contributed by atoms with van der Waals surface area (Å²) in [7, 11) is 0. The van der Waals surface area contributed by atoms with Gasteiger partial charge in [0.15, 0.2) is 0 Å². The van der Waals surface area contributed by atoms with Crippen LogP contribution in [-0.4, -0.2) is 16.0 Å². The predicted octanol–water partition coefficient (Wildman–Crippen LogP) is 4.89. The molecule has 0 N–H and O–H groups in total. The zero-order valence-corrected chi connectivity index (χ0v) is 16.5. The van der Waals surface area contributed by atoms with Gasteiger partial charge in [-0.25, -0.2) is 0 Å². The van der Waals surface area contributed by atoms with Crippen LogP contribution in [0.2, 0.25) is 0 Å². The number of non-ortho nitro benzene ring substituents is 1. The van der Waals surface area contributed by atoms with E-state index in [1.54, 1.807) is 0 Å². The monoisotopic (exact) mass is 416 g/mol. The topological polar surface area (TPSA) is 95.5 Å². The fraction of sp³-hybridized carbons (Fsp3) is 0.333. The van der Waals surface area contributed by atoms with E-state index in [2.05, 4.69) is 48.6 Å². The second kappa shape index (κ2) is 6.59. The molecule has 7 heteroatoms. The Balaban J connectivity index is 1.27. The van der Waals surface area contributed by atoms with Gasteiger partial charge in [-0.2, -0.15) is 0 Å². The number of hydrogen-bond acceptors (Lipinski definition) is 5. The molecule has 0 radical (unpaired) electrons. The number of ether oxygens (including phenoxy) is 1. The van der Waals surface area contributed by atoms with Crippen LogP contribution in [0.15, 0.2) is 66.8 Å². The highest BCUT2D eigenvalue weighted by molar-refractivity contribution is 5.50. The van der Waals surface area contributed by atoms with Crippen molar-refractivity contribution in [3.8, 4) is 0 Å². The van der Waals surface area contributed by atoms with Crippen molar-refractivity contribution in [2.75, 3.05) is 0 Å². The zero-order chi connectivity index (χ0) is 21.3. The van der Waals surface area contributed by atoms with E-state index in [0.717, 1.165) is 6.07 Å². The van der Waals surface area contributed by atoms with Gasteiger partial charge < -0.3 is 4.74 Å². The molecule has 5 aliphatic carbocycles. The maximum absolute atomic E-state index is 11.5. The maximum Gasteiger partial charge on any atom is 0.281 e. The van der Waals surface area contributed by atoms with Gasteiger partial charge >= 0.3 is 0 Å². The summed E-state index contributed by atoms with van der Waals surface area (Å²) in [6, 6.07) is 12.4. The quantitative estimate of drug-likeness (QED) is 0.393. The summed E-state index contributed by atoms with van der Waals surface area (Å²) in [4.78, 5) is 21.3. The molecule has 4 bridgehead atoms. The molecule has 0 spiro atoms. The van der Waals surface area contributed by atoms with Crippen LogP contribution in [0.1, 0.15) is 28.5 Å². The lowest BCUT2D eigenvalue weighted by molar-refractivity contribution is -0.394. The number of nitro groups is 2. The summed E-state index contributed by atoms with van der Waals surface area (Å²) in [6.07, 6.45) is 9.20. The Kier molecular flexibility index (Phi) is 3.92. The number of hydrogen-bond donors (Lipinski definition) is 0. The van der Waals surface area contributed by atoms with E-state index in [0.29, 0.717) is 29.2 Å². The predicted molar refractivity (Wildman–Crippen MR) is 112 cm³/mol. The summed E-state index contributed by atoms with van der Waals surface area (Å²) < 4.78 is 6.32. The fourth-order valence-electron chi connectivity index (χ4n) is 6.50. The van der Waals surface area contributed by atoms with E-state index in [1.807, 2.05) is 0 Å². The van der Waals surface area contributed by atoms with E-state index < -0.39 is 9.85 Å². The Morgan fingerprint density at radius 2 is 1.42 bits per heavy atom. The average molecular weight is 416 g/mol. The molecule has 2 aromatic carbocycles. The maximum atomic E-state index is 11.5. The first-order valence-corrected chi connectivity index (χ1v) is 10.5. The second-order valence-electron chi connectivity index (χ2n) is 8.86. The molecule has 0 amide bonds. The molecule has 7 rings (SSSR count). The molecule has 7 nitrogen and oxygen atoms in total. The molecule has 0 heterocycles. The number of nitrogens with zero attached hydrogens (tertiary/aromatic N) is 2. The first-order valence-electron chi connectivity index (χ1n) is 10.5. The van der Waals surface area contributed by atoms with Gasteiger partial charge in [0.1, 0.15) is 0 Å². The van der Waals surface area contributed by atoms with Crippen LogP contribution in [0, 0.1) is 43.9 Å². The Hall–Kier alpha value is -3.32. The van der Waals surface area contributed by atoms with Gasteiger partial charge in [0, 0.05) is 29.7 Å². The van der Waals surface area contributed by atoms with Crippen molar-refractivity contribution < 1.29 is 14.6 Å². The third kappa shape index (κ3) is 2.56. The van der Waals surface area contributed by atoms with Gasteiger partial charge in [0.25, 0.3) is 11.4 Å². The third-order valence-corrected chi connectivity index (χ3v) is 7.62. The lowest BCUT2D eigenvalue weighted by Crippen LogP contribution is -2.37. The summed E-state index contributed by atoms with van der Waals surface area (Å²) in [6.45, 7) is 0.0722. The van der Waals surface area contributed by atoms with Crippen LogP contribution in [-0.2, 0) is 11.3 Å². The van der Waals surface area contributed by atoms with Crippen LogP contribution in [0.4, 0.5) is 11.4 Å². The average Bonchev–Trinajstić information content (AvgIpc) is 3.34. The van der Waals surface area contributed by atoms with Crippen molar-refractivity contribution in [2.24, 2.45) is 23.7 Å². The van der Waals surface area contributed by atoms with Crippen LogP contribution >= 0.6 is 0 Å². The largest absolute Gasteiger partial charge is 0.372 e. The summed E-state index contributed by atoms with van der Waals surface area (Å²) in [5.41, 5.74) is 2.65. The van der Waals surface area contributed by atoms with Gasteiger partial charge in [-0.1, -0.05) is 48.6 Å².